The van der Waals surface area contributed by atoms with Gasteiger partial charge in [0.1, 0.15) is 5.84 Å². The third-order valence-electron chi connectivity index (χ3n) is 2.53. The third-order valence-corrected chi connectivity index (χ3v) is 4.35. The lowest BCUT2D eigenvalue weighted by Crippen LogP contribution is -2.33. The van der Waals surface area contributed by atoms with Crippen molar-refractivity contribution >= 4 is 15.9 Å². The molecule has 0 saturated heterocycles. The fraction of sp³-hybridized carbons (Fsp3) is 0.364. The maximum atomic E-state index is 12.1. The van der Waals surface area contributed by atoms with Crippen molar-refractivity contribution in [1.29, 1.82) is 0 Å². The second kappa shape index (κ2) is 4.25. The Morgan fingerprint density at radius 3 is 2.56 bits per heavy atom. The first-order valence-corrected chi connectivity index (χ1v) is 6.76. The number of rotatable bonds is 3. The molecule has 1 aliphatic rings. The second-order valence-corrected chi connectivity index (χ2v) is 5.64. The fourth-order valence-corrected chi connectivity index (χ4v) is 3.34. The highest BCUT2D eigenvalue weighted by Gasteiger charge is 2.26. The number of hydrogen-bond acceptors (Lipinski definition) is 3. The zero-order valence-electron chi connectivity index (χ0n) is 9.13. The summed E-state index contributed by atoms with van der Waals surface area (Å²) < 4.78 is 25.5. The Labute approximate surface area is 95.7 Å². The van der Waals surface area contributed by atoms with Crippen LogP contribution in [0.3, 0.4) is 0 Å². The molecule has 0 spiro atoms. The highest BCUT2D eigenvalue weighted by molar-refractivity contribution is 7.88. The molecule has 0 amide bonds. The summed E-state index contributed by atoms with van der Waals surface area (Å²) >= 11 is 0. The van der Waals surface area contributed by atoms with Crippen LogP contribution in [-0.2, 0) is 15.8 Å². The van der Waals surface area contributed by atoms with Crippen LogP contribution in [0.15, 0.2) is 35.3 Å². The first-order valence-electron chi connectivity index (χ1n) is 5.15. The summed E-state index contributed by atoms with van der Waals surface area (Å²) in [6.45, 7) is 2.77. The highest BCUT2D eigenvalue weighted by atomic mass is 32.2. The quantitative estimate of drug-likeness (QED) is 0.795. The van der Waals surface area contributed by atoms with Gasteiger partial charge in [0.05, 0.1) is 18.8 Å². The molecule has 86 valence electrons. The van der Waals surface area contributed by atoms with E-state index in [0.29, 0.717) is 18.9 Å². The monoisotopic (exact) mass is 238 g/mol. The van der Waals surface area contributed by atoms with Crippen LogP contribution in [0.4, 0.5) is 0 Å². The van der Waals surface area contributed by atoms with Gasteiger partial charge in [-0.25, -0.2) is 8.42 Å². The van der Waals surface area contributed by atoms with Crippen LogP contribution >= 0.6 is 0 Å². The van der Waals surface area contributed by atoms with Crippen molar-refractivity contribution in [1.82, 2.24) is 4.31 Å². The number of nitrogens with zero attached hydrogens (tertiary/aromatic N) is 2. The topological polar surface area (TPSA) is 49.7 Å². The molecule has 0 aromatic heterocycles. The summed E-state index contributed by atoms with van der Waals surface area (Å²) in [7, 11) is -3.26. The van der Waals surface area contributed by atoms with Crippen LogP contribution in [0.1, 0.15) is 12.5 Å². The standard InChI is InChI=1S/C11H14N2O2S/c1-10-12-7-8-13(10)16(14,15)9-11-5-3-2-4-6-11/h2-6H,7-9H2,1H3. The van der Waals surface area contributed by atoms with E-state index in [-0.39, 0.29) is 5.75 Å². The maximum Gasteiger partial charge on any atom is 0.240 e. The van der Waals surface area contributed by atoms with Gasteiger partial charge < -0.3 is 0 Å². The maximum absolute atomic E-state index is 12.1. The van der Waals surface area contributed by atoms with Gasteiger partial charge in [0, 0.05) is 0 Å². The van der Waals surface area contributed by atoms with Crippen LogP contribution in [0, 0.1) is 0 Å². The molecule has 0 fully saturated rings. The predicted octanol–water partition coefficient (Wildman–Crippen LogP) is 1.25. The minimum atomic E-state index is -3.26. The summed E-state index contributed by atoms with van der Waals surface area (Å²) in [4.78, 5) is 4.09. The Morgan fingerprint density at radius 2 is 2.00 bits per heavy atom. The molecule has 0 aliphatic carbocycles. The van der Waals surface area contributed by atoms with Crippen LogP contribution in [0.2, 0.25) is 0 Å². The van der Waals surface area contributed by atoms with Gasteiger partial charge in [-0.1, -0.05) is 30.3 Å². The minimum absolute atomic E-state index is 0.0424. The van der Waals surface area contributed by atoms with Crippen molar-refractivity contribution < 1.29 is 8.42 Å². The Kier molecular flexibility index (Phi) is 2.96. The van der Waals surface area contributed by atoms with Gasteiger partial charge in [0.2, 0.25) is 10.0 Å². The predicted molar refractivity (Wildman–Crippen MR) is 63.7 cm³/mol. The van der Waals surface area contributed by atoms with E-state index in [4.69, 9.17) is 0 Å². The normalized spacial score (nSPS) is 16.3. The third kappa shape index (κ3) is 2.24. The smallest absolute Gasteiger partial charge is 0.240 e. The highest BCUT2D eigenvalue weighted by Crippen LogP contribution is 2.14. The van der Waals surface area contributed by atoms with Gasteiger partial charge >= 0.3 is 0 Å². The van der Waals surface area contributed by atoms with Crippen molar-refractivity contribution in [3.63, 3.8) is 0 Å². The molecule has 1 aromatic carbocycles. The number of amidine groups is 1. The number of aliphatic imine (C=N–C) groups is 1. The summed E-state index contributed by atoms with van der Waals surface area (Å²) in [5, 5.41) is 0. The Hall–Kier alpha value is -1.36. The van der Waals surface area contributed by atoms with Gasteiger partial charge in [-0.2, -0.15) is 0 Å². The Morgan fingerprint density at radius 1 is 1.31 bits per heavy atom. The minimum Gasteiger partial charge on any atom is -0.270 e. The van der Waals surface area contributed by atoms with Gasteiger partial charge in [-0.05, 0) is 12.5 Å². The average molecular weight is 238 g/mol. The Balaban J connectivity index is 2.18. The SMILES string of the molecule is CC1=NCCN1S(=O)(=O)Cc1ccccc1. The lowest BCUT2D eigenvalue weighted by atomic mass is 10.2. The van der Waals surface area contributed by atoms with Crippen molar-refractivity contribution in [2.24, 2.45) is 4.99 Å². The van der Waals surface area contributed by atoms with E-state index in [9.17, 15) is 8.42 Å². The molecule has 0 saturated carbocycles. The lowest BCUT2D eigenvalue weighted by Gasteiger charge is -2.18. The van der Waals surface area contributed by atoms with E-state index in [1.54, 1.807) is 6.92 Å². The van der Waals surface area contributed by atoms with E-state index < -0.39 is 10.0 Å². The van der Waals surface area contributed by atoms with E-state index in [1.807, 2.05) is 30.3 Å². The van der Waals surface area contributed by atoms with Crippen LogP contribution in [0.25, 0.3) is 0 Å². The largest absolute Gasteiger partial charge is 0.270 e. The van der Waals surface area contributed by atoms with Crippen LogP contribution in [-0.4, -0.2) is 31.6 Å². The second-order valence-electron chi connectivity index (χ2n) is 3.74. The first-order chi connectivity index (χ1) is 7.59. The average Bonchev–Trinajstić information content (AvgIpc) is 2.66. The molecule has 5 heteroatoms. The van der Waals surface area contributed by atoms with Crippen molar-refractivity contribution in [2.45, 2.75) is 12.7 Å². The van der Waals surface area contributed by atoms with Gasteiger partial charge in [0.25, 0.3) is 0 Å². The Bertz CT molecular complexity index is 494. The van der Waals surface area contributed by atoms with Crippen LogP contribution < -0.4 is 0 Å². The molecular formula is C11H14N2O2S. The molecule has 0 bridgehead atoms. The zero-order chi connectivity index (χ0) is 11.6. The summed E-state index contributed by atoms with van der Waals surface area (Å²) in [5.74, 6) is 0.636. The van der Waals surface area contributed by atoms with E-state index in [1.165, 1.54) is 4.31 Å². The zero-order valence-corrected chi connectivity index (χ0v) is 9.94. The van der Waals surface area contributed by atoms with Crippen molar-refractivity contribution in [3.8, 4) is 0 Å². The van der Waals surface area contributed by atoms with Gasteiger partial charge in [-0.3, -0.25) is 9.30 Å². The molecule has 0 atom stereocenters. The molecule has 4 nitrogen and oxygen atoms in total. The van der Waals surface area contributed by atoms with E-state index >= 15 is 0 Å². The number of sulfonamides is 1. The molecule has 0 N–H and O–H groups in total. The molecule has 16 heavy (non-hydrogen) atoms. The lowest BCUT2D eigenvalue weighted by molar-refractivity contribution is 0.536. The molecule has 0 unspecified atom stereocenters. The summed E-state index contributed by atoms with van der Waals surface area (Å²) in [5.41, 5.74) is 0.808. The van der Waals surface area contributed by atoms with E-state index in [2.05, 4.69) is 4.99 Å². The van der Waals surface area contributed by atoms with Gasteiger partial charge in [-0.15, -0.1) is 0 Å². The molecule has 0 radical (unpaired) electrons. The summed E-state index contributed by atoms with van der Waals surface area (Å²) in [6, 6.07) is 9.20. The van der Waals surface area contributed by atoms with Crippen LogP contribution in [0.5, 0.6) is 0 Å². The van der Waals surface area contributed by atoms with E-state index in [0.717, 1.165) is 5.56 Å². The first kappa shape index (κ1) is 11.1. The molecule has 1 heterocycles. The molecule has 2 rings (SSSR count). The number of benzene rings is 1. The molecule has 1 aliphatic heterocycles. The molecular weight excluding hydrogens is 224 g/mol. The van der Waals surface area contributed by atoms with Gasteiger partial charge in [0.15, 0.2) is 0 Å². The van der Waals surface area contributed by atoms with Crippen molar-refractivity contribution in [2.75, 3.05) is 13.1 Å². The number of hydrogen-bond donors (Lipinski definition) is 0. The fourth-order valence-electron chi connectivity index (χ4n) is 1.75. The van der Waals surface area contributed by atoms with Crippen molar-refractivity contribution in [3.05, 3.63) is 35.9 Å². The summed E-state index contributed by atoms with van der Waals surface area (Å²) in [6.07, 6.45) is 0. The molecule has 1 aromatic rings.